The summed E-state index contributed by atoms with van der Waals surface area (Å²) in [6, 6.07) is 0. The second-order valence-corrected chi connectivity index (χ2v) is 4.35. The molecule has 0 amide bonds. The minimum atomic E-state index is -0.169. The lowest BCUT2D eigenvalue weighted by molar-refractivity contribution is 0.279. The zero-order valence-corrected chi connectivity index (χ0v) is 7.58. The van der Waals surface area contributed by atoms with Gasteiger partial charge < -0.3 is 0 Å². The summed E-state index contributed by atoms with van der Waals surface area (Å²) in [4.78, 5) is 0. The number of alkyl halides is 1. The molecule has 0 saturated heterocycles. The van der Waals surface area contributed by atoms with E-state index in [2.05, 4.69) is 27.7 Å². The largest absolute Gasteiger partial charge is 0.251 e. The molecule has 0 radical (unpaired) electrons. The quantitative estimate of drug-likeness (QED) is 0.572. The van der Waals surface area contributed by atoms with Crippen molar-refractivity contribution in [3.05, 3.63) is 0 Å². The highest BCUT2D eigenvalue weighted by molar-refractivity contribution is 4.65. The Bertz CT molecular complexity index is 81.2. The Morgan fingerprint density at radius 1 is 1.30 bits per heavy atom. The molecule has 0 rings (SSSR count). The zero-order chi connectivity index (χ0) is 8.20. The maximum absolute atomic E-state index is 11.8. The van der Waals surface area contributed by atoms with Crippen molar-refractivity contribution in [2.75, 3.05) is 6.67 Å². The number of rotatable bonds is 3. The average molecular weight is 146 g/mol. The molecule has 0 aromatic carbocycles. The van der Waals surface area contributed by atoms with Crippen molar-refractivity contribution < 1.29 is 4.39 Å². The number of hydrogen-bond acceptors (Lipinski definition) is 0. The molecule has 0 aliphatic rings. The normalized spacial score (nSPS) is 15.3. The molecular formula is C9H19F. The molecule has 0 N–H and O–H groups in total. The van der Waals surface area contributed by atoms with Crippen molar-refractivity contribution in [3.8, 4) is 0 Å². The number of hydrogen-bond donors (Lipinski definition) is 0. The van der Waals surface area contributed by atoms with Crippen LogP contribution in [0.3, 0.4) is 0 Å². The smallest absolute Gasteiger partial charge is 0.0897 e. The molecule has 10 heavy (non-hydrogen) atoms. The topological polar surface area (TPSA) is 0 Å². The van der Waals surface area contributed by atoms with Crippen molar-refractivity contribution in [3.63, 3.8) is 0 Å². The van der Waals surface area contributed by atoms with E-state index in [1.165, 1.54) is 0 Å². The first-order valence-corrected chi connectivity index (χ1v) is 4.01. The van der Waals surface area contributed by atoms with E-state index in [0.717, 1.165) is 12.8 Å². The van der Waals surface area contributed by atoms with Crippen molar-refractivity contribution in [1.82, 2.24) is 0 Å². The lowest BCUT2D eigenvalue weighted by Gasteiger charge is -2.22. The summed E-state index contributed by atoms with van der Waals surface area (Å²) in [7, 11) is 0. The van der Waals surface area contributed by atoms with E-state index in [4.69, 9.17) is 0 Å². The highest BCUT2D eigenvalue weighted by atomic mass is 19.1. The van der Waals surface area contributed by atoms with Crippen LogP contribution in [0, 0.1) is 11.3 Å². The SMILES string of the molecule is CC(CCF)CC(C)(C)C. The van der Waals surface area contributed by atoms with Gasteiger partial charge in [-0.05, 0) is 24.2 Å². The van der Waals surface area contributed by atoms with Crippen LogP contribution in [0.1, 0.15) is 40.5 Å². The molecule has 0 saturated carbocycles. The fourth-order valence-electron chi connectivity index (χ4n) is 1.33. The monoisotopic (exact) mass is 146 g/mol. The molecule has 1 atom stereocenters. The van der Waals surface area contributed by atoms with Gasteiger partial charge >= 0.3 is 0 Å². The minimum absolute atomic E-state index is 0.169. The highest BCUT2D eigenvalue weighted by Crippen LogP contribution is 2.25. The van der Waals surface area contributed by atoms with Gasteiger partial charge in [0.05, 0.1) is 6.67 Å². The summed E-state index contributed by atoms with van der Waals surface area (Å²) in [6.07, 6.45) is 1.84. The van der Waals surface area contributed by atoms with E-state index in [1.807, 2.05) is 0 Å². The summed E-state index contributed by atoms with van der Waals surface area (Å²) in [5, 5.41) is 0. The molecule has 0 fully saturated rings. The molecule has 0 aromatic heterocycles. The molecule has 1 unspecified atom stereocenters. The third-order valence-electron chi connectivity index (χ3n) is 1.56. The summed E-state index contributed by atoms with van der Waals surface area (Å²) >= 11 is 0. The van der Waals surface area contributed by atoms with E-state index in [9.17, 15) is 4.39 Å². The van der Waals surface area contributed by atoms with E-state index >= 15 is 0 Å². The number of halogens is 1. The minimum Gasteiger partial charge on any atom is -0.251 e. The Morgan fingerprint density at radius 3 is 2.10 bits per heavy atom. The van der Waals surface area contributed by atoms with Crippen LogP contribution in [0.2, 0.25) is 0 Å². The van der Waals surface area contributed by atoms with Gasteiger partial charge in [0.15, 0.2) is 0 Å². The lowest BCUT2D eigenvalue weighted by Crippen LogP contribution is -2.11. The first-order valence-electron chi connectivity index (χ1n) is 4.01. The molecule has 0 spiro atoms. The molecule has 62 valence electrons. The Hall–Kier alpha value is -0.0700. The van der Waals surface area contributed by atoms with E-state index in [-0.39, 0.29) is 6.67 Å². The van der Waals surface area contributed by atoms with E-state index < -0.39 is 0 Å². The van der Waals surface area contributed by atoms with Crippen LogP contribution < -0.4 is 0 Å². The van der Waals surface area contributed by atoms with Crippen LogP contribution in [0.4, 0.5) is 4.39 Å². The summed E-state index contributed by atoms with van der Waals surface area (Å²) < 4.78 is 11.8. The lowest BCUT2D eigenvalue weighted by atomic mass is 9.84. The molecule has 0 aliphatic heterocycles. The molecule has 0 aromatic rings. The van der Waals surface area contributed by atoms with Crippen LogP contribution in [-0.2, 0) is 0 Å². The first kappa shape index (κ1) is 9.93. The third-order valence-corrected chi connectivity index (χ3v) is 1.56. The van der Waals surface area contributed by atoms with Gasteiger partial charge in [0.2, 0.25) is 0 Å². The Balaban J connectivity index is 3.47. The van der Waals surface area contributed by atoms with Gasteiger partial charge in [-0.3, -0.25) is 4.39 Å². The molecule has 0 aliphatic carbocycles. The molecule has 0 heterocycles. The van der Waals surface area contributed by atoms with Crippen molar-refractivity contribution >= 4 is 0 Å². The van der Waals surface area contributed by atoms with Crippen molar-refractivity contribution in [2.45, 2.75) is 40.5 Å². The summed E-state index contributed by atoms with van der Waals surface area (Å²) in [5.74, 6) is 0.532. The van der Waals surface area contributed by atoms with Crippen LogP contribution >= 0.6 is 0 Å². The molecule has 1 heteroatoms. The summed E-state index contributed by atoms with van der Waals surface area (Å²) in [5.41, 5.74) is 0.356. The maximum Gasteiger partial charge on any atom is 0.0897 e. The van der Waals surface area contributed by atoms with Gasteiger partial charge in [0.1, 0.15) is 0 Å². The van der Waals surface area contributed by atoms with Gasteiger partial charge in [0.25, 0.3) is 0 Å². The second kappa shape index (κ2) is 3.95. The Kier molecular flexibility index (Phi) is 3.92. The summed E-state index contributed by atoms with van der Waals surface area (Å²) in [6.45, 7) is 8.53. The van der Waals surface area contributed by atoms with Gasteiger partial charge in [-0.2, -0.15) is 0 Å². The molecular weight excluding hydrogens is 127 g/mol. The van der Waals surface area contributed by atoms with Crippen LogP contribution in [0.25, 0.3) is 0 Å². The maximum atomic E-state index is 11.8. The van der Waals surface area contributed by atoms with Gasteiger partial charge in [-0.25, -0.2) is 0 Å². The Morgan fingerprint density at radius 2 is 1.80 bits per heavy atom. The van der Waals surface area contributed by atoms with E-state index in [0.29, 0.717) is 11.3 Å². The highest BCUT2D eigenvalue weighted by Gasteiger charge is 2.14. The van der Waals surface area contributed by atoms with Gasteiger partial charge in [0, 0.05) is 0 Å². The molecule has 0 bridgehead atoms. The van der Waals surface area contributed by atoms with Crippen LogP contribution in [0.5, 0.6) is 0 Å². The standard InChI is InChI=1S/C9H19F/c1-8(5-6-10)7-9(2,3)4/h8H,5-7H2,1-4H3. The molecule has 0 nitrogen and oxygen atoms in total. The predicted octanol–water partition coefficient (Wildman–Crippen LogP) is 3.42. The van der Waals surface area contributed by atoms with Crippen LogP contribution in [-0.4, -0.2) is 6.67 Å². The fourth-order valence-corrected chi connectivity index (χ4v) is 1.33. The van der Waals surface area contributed by atoms with Gasteiger partial charge in [-0.15, -0.1) is 0 Å². The van der Waals surface area contributed by atoms with Gasteiger partial charge in [-0.1, -0.05) is 27.7 Å². The fraction of sp³-hybridized carbons (Fsp3) is 1.00. The zero-order valence-electron chi connectivity index (χ0n) is 7.58. The first-order chi connectivity index (χ1) is 4.45. The average Bonchev–Trinajstić information content (AvgIpc) is 1.59. The predicted molar refractivity (Wildman–Crippen MR) is 43.8 cm³/mol. The van der Waals surface area contributed by atoms with E-state index in [1.54, 1.807) is 0 Å². The van der Waals surface area contributed by atoms with Crippen molar-refractivity contribution in [2.24, 2.45) is 11.3 Å². The third kappa shape index (κ3) is 6.06. The Labute approximate surface area is 63.8 Å². The second-order valence-electron chi connectivity index (χ2n) is 4.35. The van der Waals surface area contributed by atoms with Crippen molar-refractivity contribution in [1.29, 1.82) is 0 Å². The van der Waals surface area contributed by atoms with Crippen LogP contribution in [0.15, 0.2) is 0 Å².